The van der Waals surface area contributed by atoms with Crippen LogP contribution in [0.4, 0.5) is 8.78 Å². The van der Waals surface area contributed by atoms with E-state index < -0.39 is 6.43 Å². The second kappa shape index (κ2) is 5.94. The zero-order valence-electron chi connectivity index (χ0n) is 10.0. The summed E-state index contributed by atoms with van der Waals surface area (Å²) in [6.45, 7) is 5.90. The third kappa shape index (κ3) is 3.89. The van der Waals surface area contributed by atoms with Crippen molar-refractivity contribution in [2.24, 2.45) is 0 Å². The van der Waals surface area contributed by atoms with Gasteiger partial charge in [-0.15, -0.1) is 0 Å². The van der Waals surface area contributed by atoms with Crippen molar-refractivity contribution >= 4 is 0 Å². The smallest absolute Gasteiger partial charge is 0.250 e. The summed E-state index contributed by atoms with van der Waals surface area (Å²) in [4.78, 5) is 0. The van der Waals surface area contributed by atoms with E-state index in [0.29, 0.717) is 5.92 Å². The molecule has 1 nitrogen and oxygen atoms in total. The predicted molar refractivity (Wildman–Crippen MR) is 63.0 cm³/mol. The second-order valence-electron chi connectivity index (χ2n) is 4.34. The number of alkyl halides is 2. The fourth-order valence-electron chi connectivity index (χ4n) is 1.55. The molecule has 0 saturated carbocycles. The lowest BCUT2D eigenvalue weighted by Crippen LogP contribution is -2.24. The molecule has 0 aliphatic rings. The van der Waals surface area contributed by atoms with Crippen molar-refractivity contribution in [3.8, 4) is 0 Å². The van der Waals surface area contributed by atoms with Crippen LogP contribution in [0, 0.1) is 0 Å². The van der Waals surface area contributed by atoms with Crippen LogP contribution >= 0.6 is 0 Å². The van der Waals surface area contributed by atoms with Gasteiger partial charge in [-0.25, -0.2) is 8.78 Å². The molecule has 16 heavy (non-hydrogen) atoms. The van der Waals surface area contributed by atoms with Gasteiger partial charge in [0.2, 0.25) is 0 Å². The normalized spacial score (nSPS) is 13.4. The summed E-state index contributed by atoms with van der Waals surface area (Å²) in [6.07, 6.45) is -2.29. The molecule has 1 rings (SSSR count). The van der Waals surface area contributed by atoms with E-state index in [2.05, 4.69) is 31.3 Å². The highest BCUT2D eigenvalue weighted by molar-refractivity contribution is 5.26. The number of benzene rings is 1. The van der Waals surface area contributed by atoms with E-state index >= 15 is 0 Å². The van der Waals surface area contributed by atoms with Crippen molar-refractivity contribution < 1.29 is 8.78 Å². The molecule has 90 valence electrons. The molecule has 0 aliphatic carbocycles. The molecule has 0 spiro atoms. The highest BCUT2D eigenvalue weighted by Gasteiger charge is 2.08. The Kier molecular flexibility index (Phi) is 4.87. The molecule has 0 aromatic heterocycles. The monoisotopic (exact) mass is 227 g/mol. The number of hydrogen-bond acceptors (Lipinski definition) is 1. The summed E-state index contributed by atoms with van der Waals surface area (Å²) in [7, 11) is 0. The molecular weight excluding hydrogens is 208 g/mol. The number of halogens is 2. The molecule has 0 radical (unpaired) electrons. The van der Waals surface area contributed by atoms with Crippen molar-refractivity contribution in [3.05, 3.63) is 35.4 Å². The zero-order chi connectivity index (χ0) is 12.1. The molecule has 3 heteroatoms. The van der Waals surface area contributed by atoms with Gasteiger partial charge < -0.3 is 5.32 Å². The van der Waals surface area contributed by atoms with E-state index in [1.807, 2.05) is 19.1 Å². The van der Waals surface area contributed by atoms with Gasteiger partial charge in [0.1, 0.15) is 0 Å². The van der Waals surface area contributed by atoms with Gasteiger partial charge in [-0.2, -0.15) is 0 Å². The third-order valence-corrected chi connectivity index (χ3v) is 2.68. The molecule has 1 aromatic rings. The fraction of sp³-hybridized carbons (Fsp3) is 0.538. The van der Waals surface area contributed by atoms with Crippen molar-refractivity contribution in [2.75, 3.05) is 6.54 Å². The minimum absolute atomic E-state index is 0.0322. The molecule has 1 N–H and O–H groups in total. The second-order valence-corrected chi connectivity index (χ2v) is 4.34. The van der Waals surface area contributed by atoms with Crippen LogP contribution in [-0.2, 0) is 0 Å². The van der Waals surface area contributed by atoms with Crippen LogP contribution < -0.4 is 5.32 Å². The molecule has 0 bridgehead atoms. The minimum atomic E-state index is -2.29. The van der Waals surface area contributed by atoms with Crippen molar-refractivity contribution in [1.29, 1.82) is 0 Å². The van der Waals surface area contributed by atoms with Crippen LogP contribution in [0.2, 0.25) is 0 Å². The first-order valence-electron chi connectivity index (χ1n) is 5.62. The summed E-state index contributed by atoms with van der Waals surface area (Å²) >= 11 is 0. The van der Waals surface area contributed by atoms with Crippen molar-refractivity contribution in [3.63, 3.8) is 0 Å². The summed E-state index contributed by atoms with van der Waals surface area (Å²) in [6, 6.07) is 8.08. The highest BCUT2D eigenvalue weighted by Crippen LogP contribution is 2.18. The largest absolute Gasteiger partial charge is 0.305 e. The zero-order valence-corrected chi connectivity index (χ0v) is 10.0. The van der Waals surface area contributed by atoms with E-state index in [-0.39, 0.29) is 12.6 Å². The summed E-state index contributed by atoms with van der Waals surface area (Å²) in [5, 5.41) is 2.80. The van der Waals surface area contributed by atoms with Crippen LogP contribution in [0.15, 0.2) is 24.3 Å². The number of rotatable bonds is 5. The Morgan fingerprint density at radius 1 is 1.00 bits per heavy atom. The Hall–Kier alpha value is -0.960. The summed E-state index contributed by atoms with van der Waals surface area (Å²) < 4.78 is 24.0. The Labute approximate surface area is 95.9 Å². The Balaban J connectivity index is 2.59. The fourth-order valence-corrected chi connectivity index (χ4v) is 1.55. The highest BCUT2D eigenvalue weighted by atomic mass is 19.3. The predicted octanol–water partition coefficient (Wildman–Crippen LogP) is 3.73. The van der Waals surface area contributed by atoms with Gasteiger partial charge in [-0.3, -0.25) is 0 Å². The topological polar surface area (TPSA) is 12.0 Å². The quantitative estimate of drug-likeness (QED) is 0.808. The van der Waals surface area contributed by atoms with Gasteiger partial charge in [0.05, 0.1) is 6.54 Å². The molecule has 1 atom stereocenters. The van der Waals surface area contributed by atoms with Crippen molar-refractivity contribution in [1.82, 2.24) is 5.32 Å². The average Bonchev–Trinajstić information content (AvgIpc) is 2.26. The van der Waals surface area contributed by atoms with Crippen LogP contribution in [0.1, 0.15) is 43.9 Å². The van der Waals surface area contributed by atoms with E-state index in [9.17, 15) is 8.78 Å². The van der Waals surface area contributed by atoms with E-state index in [4.69, 9.17) is 0 Å². The molecular formula is C13H19F2N. The maximum atomic E-state index is 12.0. The first kappa shape index (κ1) is 13.1. The molecule has 0 fully saturated rings. The third-order valence-electron chi connectivity index (χ3n) is 2.68. The Morgan fingerprint density at radius 2 is 1.50 bits per heavy atom. The van der Waals surface area contributed by atoms with Gasteiger partial charge in [-0.05, 0) is 24.0 Å². The minimum Gasteiger partial charge on any atom is -0.305 e. The van der Waals surface area contributed by atoms with Crippen LogP contribution in [0.5, 0.6) is 0 Å². The van der Waals surface area contributed by atoms with E-state index in [1.54, 1.807) is 0 Å². The lowest BCUT2D eigenvalue weighted by Gasteiger charge is -2.15. The van der Waals surface area contributed by atoms with Crippen LogP contribution in [0.25, 0.3) is 0 Å². The van der Waals surface area contributed by atoms with Gasteiger partial charge in [0, 0.05) is 6.04 Å². The maximum Gasteiger partial charge on any atom is 0.250 e. The van der Waals surface area contributed by atoms with E-state index in [0.717, 1.165) is 5.56 Å². The van der Waals surface area contributed by atoms with Crippen LogP contribution in [-0.4, -0.2) is 13.0 Å². The van der Waals surface area contributed by atoms with E-state index in [1.165, 1.54) is 5.56 Å². The molecule has 0 amide bonds. The molecule has 1 aromatic carbocycles. The summed E-state index contributed by atoms with van der Waals surface area (Å²) in [5.74, 6) is 0.498. The van der Waals surface area contributed by atoms with Crippen molar-refractivity contribution in [2.45, 2.75) is 39.2 Å². The standard InChI is InChI=1S/C13H19F2N/c1-9(2)11-4-6-12(7-5-11)10(3)16-8-13(14)15/h4-7,9-10,13,16H,8H2,1-3H3. The average molecular weight is 227 g/mol. The molecule has 0 heterocycles. The van der Waals surface area contributed by atoms with Gasteiger partial charge in [-0.1, -0.05) is 38.1 Å². The van der Waals surface area contributed by atoms with Crippen LogP contribution in [0.3, 0.4) is 0 Å². The lowest BCUT2D eigenvalue weighted by atomic mass is 10.00. The molecule has 0 aliphatic heterocycles. The summed E-state index contributed by atoms with van der Waals surface area (Å²) in [5.41, 5.74) is 2.31. The first-order valence-corrected chi connectivity index (χ1v) is 5.62. The first-order chi connectivity index (χ1) is 7.50. The number of nitrogens with one attached hydrogen (secondary N) is 1. The number of hydrogen-bond donors (Lipinski definition) is 1. The van der Waals surface area contributed by atoms with Gasteiger partial charge in [0.25, 0.3) is 6.43 Å². The molecule has 0 saturated heterocycles. The Bertz CT molecular complexity index is 306. The maximum absolute atomic E-state index is 12.0. The van der Waals surface area contributed by atoms with Gasteiger partial charge >= 0.3 is 0 Å². The SMILES string of the molecule is CC(C)c1ccc(C(C)NCC(F)F)cc1. The lowest BCUT2D eigenvalue weighted by molar-refractivity contribution is 0.142. The van der Waals surface area contributed by atoms with Gasteiger partial charge in [0.15, 0.2) is 0 Å². The molecule has 1 unspecified atom stereocenters. The Morgan fingerprint density at radius 3 is 1.94 bits per heavy atom.